The van der Waals surface area contributed by atoms with E-state index in [0.29, 0.717) is 17.1 Å². The number of nitrogens with one attached hydrogen (secondary N) is 2. The molecule has 0 heterocycles. The molecule has 0 bridgehead atoms. The van der Waals surface area contributed by atoms with Crippen LogP contribution in [0.2, 0.25) is 5.02 Å². The molecule has 0 unspecified atom stereocenters. The van der Waals surface area contributed by atoms with Crippen LogP contribution in [0, 0.1) is 5.92 Å². The number of ether oxygens (including phenoxy) is 1. The van der Waals surface area contributed by atoms with E-state index in [1.54, 1.807) is 36.4 Å². The van der Waals surface area contributed by atoms with Crippen LogP contribution in [-0.4, -0.2) is 36.8 Å². The van der Waals surface area contributed by atoms with Gasteiger partial charge in [0.05, 0.1) is 5.56 Å². The molecule has 2 aromatic carbocycles. The zero-order chi connectivity index (χ0) is 21.4. The summed E-state index contributed by atoms with van der Waals surface area (Å²) in [5, 5.41) is 5.06. The molecule has 3 amide bonds. The van der Waals surface area contributed by atoms with E-state index in [2.05, 4.69) is 10.6 Å². The fourth-order valence-corrected chi connectivity index (χ4v) is 2.45. The first kappa shape index (κ1) is 22.1. The number of amides is 3. The van der Waals surface area contributed by atoms with Crippen molar-refractivity contribution < 1.29 is 23.9 Å². The monoisotopic (exact) mass is 416 g/mol. The first-order valence-electron chi connectivity index (χ1n) is 8.92. The number of hydrogen-bond acceptors (Lipinski definition) is 5. The highest BCUT2D eigenvalue weighted by Crippen LogP contribution is 2.17. The minimum atomic E-state index is -0.847. The van der Waals surface area contributed by atoms with E-state index in [-0.39, 0.29) is 22.8 Å². The lowest BCUT2D eigenvalue weighted by Gasteiger charge is -2.10. The smallest absolute Gasteiger partial charge is 0.339 e. The Morgan fingerprint density at radius 2 is 1.59 bits per heavy atom. The molecule has 0 atom stereocenters. The lowest BCUT2D eigenvalue weighted by molar-refractivity contribution is -0.123. The summed E-state index contributed by atoms with van der Waals surface area (Å²) in [6.45, 7) is 3.57. The van der Waals surface area contributed by atoms with Gasteiger partial charge in [-0.25, -0.2) is 9.59 Å². The quantitative estimate of drug-likeness (QED) is 0.533. The maximum atomic E-state index is 12.7. The molecule has 7 nitrogen and oxygen atoms in total. The van der Waals surface area contributed by atoms with E-state index in [0.717, 1.165) is 0 Å². The Hall–Kier alpha value is -3.19. The fraction of sp³-hybridized carbons (Fsp3) is 0.238. The van der Waals surface area contributed by atoms with E-state index in [1.807, 2.05) is 13.8 Å². The van der Waals surface area contributed by atoms with Crippen LogP contribution >= 0.6 is 11.6 Å². The number of carbonyl (C=O) groups is 4. The molecule has 8 heteroatoms. The highest BCUT2D eigenvalue weighted by Gasteiger charge is 2.20. The van der Waals surface area contributed by atoms with Crippen molar-refractivity contribution in [3.05, 3.63) is 70.2 Å². The highest BCUT2D eigenvalue weighted by atomic mass is 35.5. The molecule has 0 aliphatic heterocycles. The van der Waals surface area contributed by atoms with Gasteiger partial charge in [-0.05, 0) is 36.2 Å². The molecule has 2 N–H and O–H groups in total. The van der Waals surface area contributed by atoms with Gasteiger partial charge in [0.25, 0.3) is 5.91 Å². The van der Waals surface area contributed by atoms with Gasteiger partial charge in [0.2, 0.25) is 0 Å². The van der Waals surface area contributed by atoms with Crippen LogP contribution in [0.4, 0.5) is 4.79 Å². The van der Waals surface area contributed by atoms with Crippen molar-refractivity contribution in [2.24, 2.45) is 5.92 Å². The van der Waals surface area contributed by atoms with Gasteiger partial charge in [0.1, 0.15) is 0 Å². The molecule has 0 saturated carbocycles. The van der Waals surface area contributed by atoms with Gasteiger partial charge >= 0.3 is 12.0 Å². The molecular formula is C21H21ClN2O5. The Labute approximate surface area is 173 Å². The molecule has 0 aliphatic rings. The molecule has 0 spiro atoms. The molecule has 0 fully saturated rings. The molecule has 2 aromatic rings. The van der Waals surface area contributed by atoms with E-state index < -0.39 is 24.5 Å². The molecule has 152 valence electrons. The normalized spacial score (nSPS) is 10.3. The van der Waals surface area contributed by atoms with Gasteiger partial charge in [0, 0.05) is 22.7 Å². The summed E-state index contributed by atoms with van der Waals surface area (Å²) in [7, 11) is 0. The summed E-state index contributed by atoms with van der Waals surface area (Å²) in [6.07, 6.45) is 0. The molecule has 0 aliphatic carbocycles. The number of hydrogen-bond donors (Lipinski definition) is 2. The van der Waals surface area contributed by atoms with E-state index >= 15 is 0 Å². The van der Waals surface area contributed by atoms with Gasteiger partial charge in [0.15, 0.2) is 12.4 Å². The molecule has 0 radical (unpaired) electrons. The topological polar surface area (TPSA) is 102 Å². The van der Waals surface area contributed by atoms with Crippen LogP contribution in [0.5, 0.6) is 0 Å². The van der Waals surface area contributed by atoms with Crippen LogP contribution in [0.3, 0.4) is 0 Å². The van der Waals surface area contributed by atoms with Crippen molar-refractivity contribution in [2.75, 3.05) is 13.2 Å². The van der Waals surface area contributed by atoms with E-state index in [1.165, 1.54) is 12.1 Å². The van der Waals surface area contributed by atoms with Crippen molar-refractivity contribution >= 4 is 35.3 Å². The molecule has 29 heavy (non-hydrogen) atoms. The number of rotatable bonds is 7. The summed E-state index contributed by atoms with van der Waals surface area (Å²) >= 11 is 5.83. The van der Waals surface area contributed by atoms with Crippen LogP contribution < -0.4 is 10.6 Å². The Bertz CT molecular complexity index is 910. The standard InChI is InChI=1S/C21H21ClN2O5/c1-13(2)11-23-21(28)24-18(25)12-29-20(27)17-6-4-3-5-16(17)19(26)14-7-9-15(22)10-8-14/h3-10,13H,11-12H2,1-2H3,(H2,23,24,25,28). The maximum Gasteiger partial charge on any atom is 0.339 e. The van der Waals surface area contributed by atoms with Crippen molar-refractivity contribution in [3.63, 3.8) is 0 Å². The Morgan fingerprint density at radius 1 is 0.966 bits per heavy atom. The molecule has 0 saturated heterocycles. The minimum absolute atomic E-state index is 0.0181. The average Bonchev–Trinajstić information content (AvgIpc) is 2.70. The van der Waals surface area contributed by atoms with Gasteiger partial charge < -0.3 is 10.1 Å². The number of imide groups is 1. The van der Waals surface area contributed by atoms with Crippen molar-refractivity contribution in [1.29, 1.82) is 0 Å². The van der Waals surface area contributed by atoms with Crippen LogP contribution in [0.1, 0.15) is 40.1 Å². The second-order valence-electron chi connectivity index (χ2n) is 6.61. The molecular weight excluding hydrogens is 396 g/mol. The van der Waals surface area contributed by atoms with E-state index in [9.17, 15) is 19.2 Å². The minimum Gasteiger partial charge on any atom is -0.452 e. The number of urea groups is 1. The average molecular weight is 417 g/mol. The number of carbonyl (C=O) groups excluding carboxylic acids is 4. The molecule has 2 rings (SSSR count). The Kier molecular flexibility index (Phi) is 7.91. The summed E-state index contributed by atoms with van der Waals surface area (Å²) < 4.78 is 4.96. The van der Waals surface area contributed by atoms with Crippen LogP contribution in [0.15, 0.2) is 48.5 Å². The third kappa shape index (κ3) is 6.73. The number of esters is 1. The summed E-state index contributed by atoms with van der Waals surface area (Å²) in [5.41, 5.74) is 0.508. The van der Waals surface area contributed by atoms with Crippen molar-refractivity contribution in [1.82, 2.24) is 10.6 Å². The first-order chi connectivity index (χ1) is 13.8. The van der Waals surface area contributed by atoms with Crippen molar-refractivity contribution in [3.8, 4) is 0 Å². The van der Waals surface area contributed by atoms with Crippen LogP contribution in [-0.2, 0) is 9.53 Å². The Morgan fingerprint density at radius 3 is 2.21 bits per heavy atom. The second kappa shape index (κ2) is 10.4. The predicted octanol–water partition coefficient (Wildman–Crippen LogP) is 3.21. The largest absolute Gasteiger partial charge is 0.452 e. The van der Waals surface area contributed by atoms with Gasteiger partial charge in [-0.1, -0.05) is 43.6 Å². The number of benzene rings is 2. The van der Waals surface area contributed by atoms with Gasteiger partial charge in [-0.3, -0.25) is 14.9 Å². The van der Waals surface area contributed by atoms with Crippen LogP contribution in [0.25, 0.3) is 0 Å². The lowest BCUT2D eigenvalue weighted by Crippen LogP contribution is -2.42. The third-order valence-corrected chi connectivity index (χ3v) is 4.01. The first-order valence-corrected chi connectivity index (χ1v) is 9.30. The van der Waals surface area contributed by atoms with Crippen molar-refractivity contribution in [2.45, 2.75) is 13.8 Å². The SMILES string of the molecule is CC(C)CNC(=O)NC(=O)COC(=O)c1ccccc1C(=O)c1ccc(Cl)cc1. The highest BCUT2D eigenvalue weighted by molar-refractivity contribution is 6.30. The number of halogens is 1. The zero-order valence-corrected chi connectivity index (χ0v) is 16.8. The fourth-order valence-electron chi connectivity index (χ4n) is 2.33. The zero-order valence-electron chi connectivity index (χ0n) is 16.0. The summed E-state index contributed by atoms with van der Waals surface area (Å²) in [4.78, 5) is 48.4. The molecule has 0 aromatic heterocycles. The van der Waals surface area contributed by atoms with Gasteiger partial charge in [-0.2, -0.15) is 0 Å². The van der Waals surface area contributed by atoms with E-state index in [4.69, 9.17) is 16.3 Å². The third-order valence-electron chi connectivity index (χ3n) is 3.76. The maximum absolute atomic E-state index is 12.7. The Balaban J connectivity index is 2.01. The summed E-state index contributed by atoms with van der Waals surface area (Å²) in [6, 6.07) is 11.7. The number of ketones is 1. The summed E-state index contributed by atoms with van der Waals surface area (Å²) in [5.74, 6) is -1.78. The second-order valence-corrected chi connectivity index (χ2v) is 7.05. The predicted molar refractivity (Wildman–Crippen MR) is 108 cm³/mol. The van der Waals surface area contributed by atoms with Gasteiger partial charge in [-0.15, -0.1) is 0 Å². The lowest BCUT2D eigenvalue weighted by atomic mass is 9.98.